The number of nitrogens with zero attached hydrogens (tertiary/aromatic N) is 2. The number of piperidine rings is 1. The van der Waals surface area contributed by atoms with E-state index in [0.29, 0.717) is 13.1 Å². The van der Waals surface area contributed by atoms with Crippen molar-refractivity contribution in [3.63, 3.8) is 0 Å². The van der Waals surface area contributed by atoms with Gasteiger partial charge in [-0.25, -0.2) is 9.59 Å². The highest BCUT2D eigenvalue weighted by Crippen LogP contribution is 2.42. The number of carbonyl (C=O) groups is 1. The Bertz CT molecular complexity index is 2280. The number of rotatable bonds is 11. The van der Waals surface area contributed by atoms with Gasteiger partial charge in [0.05, 0.1) is 29.8 Å². The lowest BCUT2D eigenvalue weighted by Gasteiger charge is -2.44. The Balaban J connectivity index is 0.960. The van der Waals surface area contributed by atoms with E-state index in [1.807, 2.05) is 102 Å². The van der Waals surface area contributed by atoms with Crippen LogP contribution < -0.4 is 16.3 Å². The van der Waals surface area contributed by atoms with Crippen LogP contribution in [0.5, 0.6) is 0 Å². The van der Waals surface area contributed by atoms with E-state index in [-0.39, 0.29) is 42.5 Å². The molecule has 4 N–H and O–H groups in total. The van der Waals surface area contributed by atoms with Crippen LogP contribution in [0, 0.1) is 5.92 Å². The molecular weight excluding hydrogens is 703 g/mol. The smallest absolute Gasteiger partial charge is 0.326 e. The first-order valence-electron chi connectivity index (χ1n) is 19.6. The summed E-state index contributed by atoms with van der Waals surface area (Å²) in [5.74, 6) is 0.0590. The molecule has 56 heavy (non-hydrogen) atoms. The molecule has 2 amide bonds. The molecule has 6 aromatic rings. The molecule has 10 heteroatoms. The second kappa shape index (κ2) is 17.1. The van der Waals surface area contributed by atoms with E-state index >= 15 is 0 Å². The number of hydrogen-bond donors (Lipinski definition) is 4. The molecule has 4 atom stereocenters. The lowest BCUT2D eigenvalue weighted by atomic mass is 9.89. The van der Waals surface area contributed by atoms with Gasteiger partial charge in [-0.1, -0.05) is 122 Å². The number of fused-ring (bicyclic) bond motifs is 1. The highest BCUT2D eigenvalue weighted by molar-refractivity contribution is 5.75. The van der Waals surface area contributed by atoms with Crippen molar-refractivity contribution in [1.82, 2.24) is 25.1 Å². The summed E-state index contributed by atoms with van der Waals surface area (Å²) in [5.41, 5.74) is 8.76. The summed E-state index contributed by atoms with van der Waals surface area (Å²) in [6, 6.07) is 42.1. The molecule has 0 unspecified atom stereocenters. The van der Waals surface area contributed by atoms with Crippen LogP contribution in [0.4, 0.5) is 4.79 Å². The fourth-order valence-electron chi connectivity index (χ4n) is 8.17. The van der Waals surface area contributed by atoms with E-state index in [0.717, 1.165) is 82.5 Å². The molecule has 2 aliphatic heterocycles. The number of amides is 2. The van der Waals surface area contributed by atoms with Crippen LogP contribution in [0.1, 0.15) is 66.0 Å². The van der Waals surface area contributed by atoms with Gasteiger partial charge in [0.2, 0.25) is 0 Å². The SMILES string of the molecule is C[C@H]1[C@@H](CN2CCC(n3c(=O)[nH]c4ccccc43)CC2)O[C@@H](c2ccc(-c3ccccc3CNC(=O)NCc3ccccc3)cc2)O[C@H]1c1ccc(CO)cc1. The number of likely N-dealkylation sites (tertiary alicyclic amines) is 1. The van der Waals surface area contributed by atoms with Gasteiger partial charge in [0.1, 0.15) is 0 Å². The van der Waals surface area contributed by atoms with E-state index < -0.39 is 6.29 Å². The first-order valence-corrected chi connectivity index (χ1v) is 19.6. The third-order valence-corrected chi connectivity index (χ3v) is 11.4. The standard InChI is InChI=1S/C46H49N5O5/c1-31-42(29-50-25-23-38(24-26-50)51-41-14-8-7-13-40(41)49-46(51)54)55-44(56-43(31)35-17-15-33(30-52)16-18-35)36-21-19-34(20-22-36)39-12-6-5-11-37(39)28-48-45(53)47-27-32-9-3-2-4-10-32/h2-22,31,38,42-44,52H,23-30H2,1H3,(H,49,54)(H2,47,48,53)/t31-,42+,43+,44+/m0/s1. The van der Waals surface area contributed by atoms with Gasteiger partial charge in [-0.2, -0.15) is 0 Å². The minimum absolute atomic E-state index is 0.0106. The zero-order valence-corrected chi connectivity index (χ0v) is 31.6. The van der Waals surface area contributed by atoms with Gasteiger partial charge < -0.3 is 35.1 Å². The molecule has 2 fully saturated rings. The summed E-state index contributed by atoms with van der Waals surface area (Å²) in [4.78, 5) is 31.0. The van der Waals surface area contributed by atoms with E-state index in [1.54, 1.807) is 0 Å². The number of aliphatic hydroxyl groups excluding tert-OH is 1. The number of ether oxygens (including phenoxy) is 2. The van der Waals surface area contributed by atoms with Crippen molar-refractivity contribution >= 4 is 17.1 Å². The van der Waals surface area contributed by atoms with Crippen LogP contribution in [-0.4, -0.2) is 51.3 Å². The maximum absolute atomic E-state index is 12.9. The van der Waals surface area contributed by atoms with Crippen molar-refractivity contribution in [1.29, 1.82) is 0 Å². The number of H-pyrrole nitrogens is 1. The Labute approximate surface area is 327 Å². The summed E-state index contributed by atoms with van der Waals surface area (Å²) in [5, 5.41) is 15.6. The predicted molar refractivity (Wildman–Crippen MR) is 218 cm³/mol. The average Bonchev–Trinajstić information content (AvgIpc) is 3.59. The number of hydrogen-bond acceptors (Lipinski definition) is 6. The minimum atomic E-state index is -0.583. The largest absolute Gasteiger partial charge is 0.392 e. The van der Waals surface area contributed by atoms with Crippen molar-refractivity contribution in [3.05, 3.63) is 166 Å². The van der Waals surface area contributed by atoms with Gasteiger partial charge in [-0.15, -0.1) is 0 Å². The molecule has 5 aromatic carbocycles. The first-order chi connectivity index (χ1) is 27.4. The number of aliphatic hydroxyl groups is 1. The highest BCUT2D eigenvalue weighted by atomic mass is 16.7. The Morgan fingerprint density at radius 2 is 1.45 bits per heavy atom. The predicted octanol–water partition coefficient (Wildman–Crippen LogP) is 7.62. The molecule has 10 nitrogen and oxygen atoms in total. The number of urea groups is 1. The highest BCUT2D eigenvalue weighted by Gasteiger charge is 2.39. The fraction of sp³-hybridized carbons (Fsp3) is 0.304. The van der Waals surface area contributed by atoms with Crippen molar-refractivity contribution in [2.45, 2.75) is 64.0 Å². The second-order valence-electron chi connectivity index (χ2n) is 15.0. The summed E-state index contributed by atoms with van der Waals surface area (Å²) in [7, 11) is 0. The van der Waals surface area contributed by atoms with Crippen molar-refractivity contribution in [2.24, 2.45) is 5.92 Å². The van der Waals surface area contributed by atoms with Crippen LogP contribution in [0.3, 0.4) is 0 Å². The van der Waals surface area contributed by atoms with Crippen LogP contribution in [0.15, 0.2) is 132 Å². The average molecular weight is 752 g/mol. The monoisotopic (exact) mass is 751 g/mol. The molecule has 1 aromatic heterocycles. The van der Waals surface area contributed by atoms with E-state index in [1.165, 1.54) is 0 Å². The Morgan fingerprint density at radius 3 is 2.21 bits per heavy atom. The van der Waals surface area contributed by atoms with E-state index in [9.17, 15) is 14.7 Å². The molecule has 0 saturated carbocycles. The van der Waals surface area contributed by atoms with Crippen LogP contribution in [-0.2, 0) is 29.2 Å². The molecule has 0 spiro atoms. The van der Waals surface area contributed by atoms with Gasteiger partial charge >= 0.3 is 11.7 Å². The zero-order valence-electron chi connectivity index (χ0n) is 31.6. The normalized spacial score (nSPS) is 20.5. The molecule has 0 bridgehead atoms. The first kappa shape index (κ1) is 37.4. The van der Waals surface area contributed by atoms with Crippen molar-refractivity contribution < 1.29 is 19.4 Å². The molecule has 3 heterocycles. The van der Waals surface area contributed by atoms with Gasteiger partial charge in [-0.05, 0) is 58.4 Å². The third-order valence-electron chi connectivity index (χ3n) is 11.4. The Hall–Kier alpha value is -5.52. The van der Waals surface area contributed by atoms with Crippen molar-refractivity contribution in [3.8, 4) is 11.1 Å². The van der Waals surface area contributed by atoms with Gasteiger partial charge in [-0.3, -0.25) is 4.57 Å². The summed E-state index contributed by atoms with van der Waals surface area (Å²) in [6.45, 7) is 5.51. The van der Waals surface area contributed by atoms with E-state index in [2.05, 4.69) is 57.8 Å². The van der Waals surface area contributed by atoms with E-state index in [4.69, 9.17) is 9.47 Å². The number of imidazole rings is 1. The van der Waals surface area contributed by atoms with Crippen molar-refractivity contribution in [2.75, 3.05) is 19.6 Å². The molecular formula is C46H49N5O5. The minimum Gasteiger partial charge on any atom is -0.392 e. The lowest BCUT2D eigenvalue weighted by molar-refractivity contribution is -0.276. The maximum Gasteiger partial charge on any atom is 0.326 e. The number of aromatic amines is 1. The Kier molecular flexibility index (Phi) is 11.4. The molecule has 0 radical (unpaired) electrons. The van der Waals surface area contributed by atoms with Crippen LogP contribution >= 0.6 is 0 Å². The molecule has 0 aliphatic carbocycles. The summed E-state index contributed by atoms with van der Waals surface area (Å²) < 4.78 is 15.5. The van der Waals surface area contributed by atoms with Crippen LogP contribution in [0.2, 0.25) is 0 Å². The Morgan fingerprint density at radius 1 is 0.768 bits per heavy atom. The van der Waals surface area contributed by atoms with Gasteiger partial charge in [0.15, 0.2) is 6.29 Å². The number of para-hydroxylation sites is 2. The summed E-state index contributed by atoms with van der Waals surface area (Å²) >= 11 is 0. The molecule has 2 aliphatic rings. The molecule has 8 rings (SSSR count). The number of carbonyl (C=O) groups excluding carboxylic acids is 1. The fourth-order valence-corrected chi connectivity index (χ4v) is 8.17. The number of aromatic nitrogens is 2. The number of benzene rings is 5. The topological polar surface area (TPSA) is 121 Å². The third kappa shape index (κ3) is 8.34. The lowest BCUT2D eigenvalue weighted by Crippen LogP contribution is -2.47. The molecule has 2 saturated heterocycles. The number of nitrogens with one attached hydrogen (secondary N) is 3. The van der Waals surface area contributed by atoms with Gasteiger partial charge in [0.25, 0.3) is 0 Å². The van der Waals surface area contributed by atoms with Crippen LogP contribution in [0.25, 0.3) is 22.2 Å². The van der Waals surface area contributed by atoms with Gasteiger partial charge in [0, 0.05) is 50.2 Å². The quantitative estimate of drug-likeness (QED) is 0.108. The summed E-state index contributed by atoms with van der Waals surface area (Å²) in [6.07, 6.45) is 0.855. The zero-order chi connectivity index (χ0) is 38.4. The maximum atomic E-state index is 12.9. The molecule has 288 valence electrons. The second-order valence-corrected chi connectivity index (χ2v) is 15.0.